The summed E-state index contributed by atoms with van der Waals surface area (Å²) in [5.74, 6) is 0.348. The zero-order valence-electron chi connectivity index (χ0n) is 7.90. The lowest BCUT2D eigenvalue weighted by Crippen LogP contribution is -2.24. The number of alkyl halides is 1. The quantitative estimate of drug-likeness (QED) is 0.721. The summed E-state index contributed by atoms with van der Waals surface area (Å²) >= 11 is 5.44. The van der Waals surface area contributed by atoms with E-state index in [0.717, 1.165) is 0 Å². The topological polar surface area (TPSA) is 63.8 Å². The molecular formula is C7H13ClN4O. The van der Waals surface area contributed by atoms with E-state index in [1.165, 1.54) is 4.80 Å². The van der Waals surface area contributed by atoms with Crippen LogP contribution in [0.4, 0.5) is 0 Å². The molecule has 1 unspecified atom stereocenters. The van der Waals surface area contributed by atoms with Crippen LogP contribution in [0.1, 0.15) is 32.7 Å². The number of aromatic nitrogens is 4. The van der Waals surface area contributed by atoms with E-state index in [-0.39, 0.29) is 17.2 Å². The fourth-order valence-corrected chi connectivity index (χ4v) is 0.850. The highest BCUT2D eigenvalue weighted by Gasteiger charge is 2.19. The number of aliphatic hydroxyl groups excluding tert-OH is 1. The second kappa shape index (κ2) is 3.59. The molecule has 13 heavy (non-hydrogen) atoms. The Labute approximate surface area is 81.7 Å². The monoisotopic (exact) mass is 204 g/mol. The summed E-state index contributed by atoms with van der Waals surface area (Å²) in [5, 5.41) is 20.8. The van der Waals surface area contributed by atoms with Gasteiger partial charge in [0.1, 0.15) is 6.10 Å². The molecule has 1 aromatic rings. The number of aliphatic hydroxyl groups is 1. The molecule has 0 bridgehead atoms. The third-order valence-electron chi connectivity index (χ3n) is 1.47. The molecule has 0 aliphatic heterocycles. The lowest BCUT2D eigenvalue weighted by molar-refractivity contribution is 0.190. The van der Waals surface area contributed by atoms with Crippen molar-refractivity contribution in [3.05, 3.63) is 5.82 Å². The standard InChI is InChI=1S/C7H13ClN4O/c1-7(2,3)12-10-6(9-11-12)5(13)4-8/h5,13H,4H2,1-3H3. The molecule has 0 aliphatic rings. The molecule has 1 rings (SSSR count). The molecule has 0 aromatic carbocycles. The van der Waals surface area contributed by atoms with E-state index >= 15 is 0 Å². The van der Waals surface area contributed by atoms with Crippen LogP contribution in [0, 0.1) is 0 Å². The van der Waals surface area contributed by atoms with Crippen LogP contribution in [0.25, 0.3) is 0 Å². The van der Waals surface area contributed by atoms with Gasteiger partial charge in [0.15, 0.2) is 0 Å². The molecule has 0 saturated carbocycles. The van der Waals surface area contributed by atoms with Gasteiger partial charge < -0.3 is 5.11 Å². The average molecular weight is 205 g/mol. The Morgan fingerprint density at radius 2 is 2.15 bits per heavy atom. The minimum absolute atomic E-state index is 0.0792. The molecule has 0 radical (unpaired) electrons. The summed E-state index contributed by atoms with van der Waals surface area (Å²) in [6, 6.07) is 0. The van der Waals surface area contributed by atoms with Gasteiger partial charge in [-0.1, -0.05) is 0 Å². The number of nitrogens with zero attached hydrogens (tertiary/aromatic N) is 4. The van der Waals surface area contributed by atoms with Gasteiger partial charge in [0.25, 0.3) is 0 Å². The Hall–Kier alpha value is -0.680. The molecule has 6 heteroatoms. The lowest BCUT2D eigenvalue weighted by atomic mass is 10.1. The summed E-state index contributed by atoms with van der Waals surface area (Å²) in [6.45, 7) is 5.85. The molecule has 0 fully saturated rings. The fourth-order valence-electron chi connectivity index (χ4n) is 0.712. The van der Waals surface area contributed by atoms with Gasteiger partial charge in [-0.25, -0.2) is 0 Å². The first-order valence-corrected chi connectivity index (χ1v) is 4.53. The Kier molecular flexibility index (Phi) is 2.87. The van der Waals surface area contributed by atoms with E-state index < -0.39 is 6.10 Å². The van der Waals surface area contributed by atoms with Crippen molar-refractivity contribution in [2.24, 2.45) is 0 Å². The Morgan fingerprint density at radius 3 is 2.54 bits per heavy atom. The Morgan fingerprint density at radius 1 is 1.54 bits per heavy atom. The van der Waals surface area contributed by atoms with E-state index in [4.69, 9.17) is 11.6 Å². The Balaban J connectivity index is 2.87. The molecule has 1 aromatic heterocycles. The minimum atomic E-state index is -0.835. The summed E-state index contributed by atoms with van der Waals surface area (Å²) in [5.41, 5.74) is -0.225. The number of halogens is 1. The van der Waals surface area contributed by atoms with Crippen molar-refractivity contribution in [2.45, 2.75) is 32.4 Å². The summed E-state index contributed by atoms with van der Waals surface area (Å²) in [6.07, 6.45) is -0.835. The van der Waals surface area contributed by atoms with E-state index in [9.17, 15) is 5.11 Å². The molecular weight excluding hydrogens is 192 g/mol. The van der Waals surface area contributed by atoms with Crippen molar-refractivity contribution in [1.29, 1.82) is 0 Å². The van der Waals surface area contributed by atoms with Gasteiger partial charge >= 0.3 is 0 Å². The SMILES string of the molecule is CC(C)(C)n1nnc(C(O)CCl)n1. The maximum absolute atomic E-state index is 9.30. The molecule has 0 aliphatic carbocycles. The maximum Gasteiger partial charge on any atom is 0.204 e. The normalized spacial score (nSPS) is 14.5. The van der Waals surface area contributed by atoms with Gasteiger partial charge in [-0.2, -0.15) is 4.80 Å². The zero-order valence-corrected chi connectivity index (χ0v) is 8.65. The molecule has 5 nitrogen and oxygen atoms in total. The van der Waals surface area contributed by atoms with Crippen LogP contribution < -0.4 is 0 Å². The number of hydrogen-bond acceptors (Lipinski definition) is 4. The van der Waals surface area contributed by atoms with Gasteiger partial charge in [-0.05, 0) is 26.0 Å². The lowest BCUT2D eigenvalue weighted by Gasteiger charge is -2.15. The van der Waals surface area contributed by atoms with E-state index in [2.05, 4.69) is 15.4 Å². The van der Waals surface area contributed by atoms with Gasteiger partial charge in [0.2, 0.25) is 5.82 Å². The number of tetrazole rings is 1. The van der Waals surface area contributed by atoms with Crippen molar-refractivity contribution in [3.8, 4) is 0 Å². The highest BCUT2D eigenvalue weighted by Crippen LogP contribution is 2.12. The molecule has 1 heterocycles. The van der Waals surface area contributed by atoms with Crippen molar-refractivity contribution >= 4 is 11.6 Å². The van der Waals surface area contributed by atoms with E-state index in [1.54, 1.807) is 0 Å². The largest absolute Gasteiger partial charge is 0.384 e. The van der Waals surface area contributed by atoms with Crippen LogP contribution in [0.5, 0.6) is 0 Å². The summed E-state index contributed by atoms with van der Waals surface area (Å²) in [7, 11) is 0. The first kappa shape index (κ1) is 10.4. The zero-order chi connectivity index (χ0) is 10.1. The molecule has 0 spiro atoms. The van der Waals surface area contributed by atoms with Crippen LogP contribution >= 0.6 is 11.6 Å². The second-order valence-corrected chi connectivity index (χ2v) is 4.09. The number of rotatable bonds is 2. The minimum Gasteiger partial charge on any atom is -0.384 e. The highest BCUT2D eigenvalue weighted by atomic mass is 35.5. The smallest absolute Gasteiger partial charge is 0.204 e. The Bertz CT molecular complexity index is 280. The van der Waals surface area contributed by atoms with Crippen molar-refractivity contribution < 1.29 is 5.11 Å². The van der Waals surface area contributed by atoms with Crippen LogP contribution in [0.3, 0.4) is 0 Å². The van der Waals surface area contributed by atoms with Crippen molar-refractivity contribution in [1.82, 2.24) is 20.2 Å². The van der Waals surface area contributed by atoms with Crippen molar-refractivity contribution in [2.75, 3.05) is 5.88 Å². The fraction of sp³-hybridized carbons (Fsp3) is 0.857. The maximum atomic E-state index is 9.30. The molecule has 1 N–H and O–H groups in total. The van der Waals surface area contributed by atoms with Crippen LogP contribution in [-0.4, -0.2) is 31.2 Å². The van der Waals surface area contributed by atoms with E-state index in [0.29, 0.717) is 0 Å². The second-order valence-electron chi connectivity index (χ2n) is 3.78. The predicted molar refractivity (Wildman–Crippen MR) is 48.5 cm³/mol. The molecule has 0 saturated heterocycles. The third kappa shape index (κ3) is 2.38. The van der Waals surface area contributed by atoms with Gasteiger partial charge in [0.05, 0.1) is 11.4 Å². The predicted octanol–water partition coefficient (Wildman–Crippen LogP) is 0.700. The van der Waals surface area contributed by atoms with Gasteiger partial charge in [-0.15, -0.1) is 21.8 Å². The molecule has 0 amide bonds. The average Bonchev–Trinajstić information content (AvgIpc) is 2.50. The summed E-state index contributed by atoms with van der Waals surface area (Å²) < 4.78 is 0. The number of hydrogen-bond donors (Lipinski definition) is 1. The highest BCUT2D eigenvalue weighted by molar-refractivity contribution is 6.18. The van der Waals surface area contributed by atoms with Crippen LogP contribution in [0.2, 0.25) is 0 Å². The van der Waals surface area contributed by atoms with Crippen molar-refractivity contribution in [3.63, 3.8) is 0 Å². The molecule has 1 atom stereocenters. The van der Waals surface area contributed by atoms with Gasteiger partial charge in [0, 0.05) is 0 Å². The first-order valence-electron chi connectivity index (χ1n) is 3.99. The molecule has 74 valence electrons. The third-order valence-corrected chi connectivity index (χ3v) is 1.77. The first-order chi connectivity index (χ1) is 5.95. The van der Waals surface area contributed by atoms with Gasteiger partial charge in [-0.3, -0.25) is 0 Å². The van der Waals surface area contributed by atoms with E-state index in [1.807, 2.05) is 20.8 Å². The summed E-state index contributed by atoms with van der Waals surface area (Å²) in [4.78, 5) is 1.46. The van der Waals surface area contributed by atoms with Crippen LogP contribution in [-0.2, 0) is 5.54 Å². The van der Waals surface area contributed by atoms with Crippen LogP contribution in [0.15, 0.2) is 0 Å².